The van der Waals surface area contributed by atoms with Gasteiger partial charge >= 0.3 is 5.97 Å². The monoisotopic (exact) mass is 1050 g/mol. The highest BCUT2D eigenvalue weighted by Crippen LogP contribution is 2.45. The maximum atomic E-state index is 14.7. The summed E-state index contributed by atoms with van der Waals surface area (Å²) in [5.74, 6) is 0.159. The SMILES string of the molecule is CC.N[C@H](CC1=CCc2ccccc21)c1ncc(-c2ccccc2)[nH]1.O=C(C[C@H](Cc1cccc2ccccc12)C(=O)N[C@H](CC1=CCc2ccccc21)c1ncc(-c2ccccc2)[nH]1)OCC1c2ccccc2-c2ccccc21. The number of benzene rings is 8. The molecule has 9 heteroatoms. The molecule has 2 aromatic heterocycles. The van der Waals surface area contributed by atoms with Crippen LogP contribution in [0.3, 0.4) is 0 Å². The average Bonchev–Trinajstić information content (AvgIpc) is 4.48. The molecule has 3 aliphatic rings. The molecule has 0 fully saturated rings. The van der Waals surface area contributed by atoms with Crippen molar-refractivity contribution in [2.75, 3.05) is 6.61 Å². The van der Waals surface area contributed by atoms with Gasteiger partial charge in [-0.25, -0.2) is 9.97 Å². The number of carbonyl (C=O) groups excluding carboxylic acids is 2. The van der Waals surface area contributed by atoms with Crippen LogP contribution in [0, 0.1) is 5.92 Å². The lowest BCUT2D eigenvalue weighted by molar-refractivity contribution is -0.147. The average molecular weight is 1050 g/mol. The van der Waals surface area contributed by atoms with Crippen molar-refractivity contribution in [3.8, 4) is 33.6 Å². The Kier molecular flexibility index (Phi) is 16.3. The molecule has 2 heterocycles. The summed E-state index contributed by atoms with van der Waals surface area (Å²) in [6, 6.07) is 67.6. The van der Waals surface area contributed by atoms with Crippen molar-refractivity contribution in [2.45, 2.75) is 70.4 Å². The van der Waals surface area contributed by atoms with Gasteiger partial charge in [0.05, 0.1) is 48.2 Å². The molecular weight excluding hydrogens is 985 g/mol. The first-order valence-electron chi connectivity index (χ1n) is 28.0. The van der Waals surface area contributed by atoms with Crippen LogP contribution in [0.2, 0.25) is 0 Å². The number of nitrogens with zero attached hydrogens (tertiary/aromatic N) is 2. The third kappa shape index (κ3) is 11.7. The number of nitrogens with two attached hydrogens (primary N) is 1. The quantitative estimate of drug-likeness (QED) is 0.0711. The van der Waals surface area contributed by atoms with Crippen LogP contribution in [0.25, 0.3) is 55.6 Å². The van der Waals surface area contributed by atoms with Gasteiger partial charge in [-0.1, -0.05) is 226 Å². The van der Waals surface area contributed by atoms with Gasteiger partial charge in [-0.3, -0.25) is 9.59 Å². The van der Waals surface area contributed by atoms with E-state index < -0.39 is 17.9 Å². The molecule has 1 amide bonds. The molecule has 0 spiro atoms. The van der Waals surface area contributed by atoms with E-state index in [9.17, 15) is 9.59 Å². The van der Waals surface area contributed by atoms with Crippen LogP contribution in [0.4, 0.5) is 0 Å². The predicted molar refractivity (Wildman–Crippen MR) is 323 cm³/mol. The standard InChI is InChI=1S/C49H41N3O3.C20H19N3.C2H6/c53-47(55-31-44-42-23-10-8-21-40(42)41-22-9-11-24-43(41)44)29-37(27-35-18-12-17-32-13-4-6-19-38(32)35)49(54)52-45(28-36-26-25-33-14-5-7-20-39(33)36)48-50-30-46(51-48)34-15-2-1-3-16-34;21-18(12-16-11-10-14-6-4-5-9-17(14)16)20-22-13-19(23-20)15-7-2-1-3-8-15;1-2/h1-24,26,30,37,44-45H,25,27-29,31H2,(H,50,51)(H,52,54);1-9,11,13,18H,10,12,21H2,(H,22,23);1-2H3/t37-,45+;18-;/m01./s1. The molecule has 5 N–H and O–H groups in total. The third-order valence-electron chi connectivity index (χ3n) is 15.6. The predicted octanol–water partition coefficient (Wildman–Crippen LogP) is 15.2. The van der Waals surface area contributed by atoms with Gasteiger partial charge in [0, 0.05) is 12.3 Å². The number of hydrogen-bond acceptors (Lipinski definition) is 6. The second-order valence-electron chi connectivity index (χ2n) is 20.5. The van der Waals surface area contributed by atoms with Gasteiger partial charge < -0.3 is 25.8 Å². The lowest BCUT2D eigenvalue weighted by atomic mass is 9.91. The summed E-state index contributed by atoms with van der Waals surface area (Å²) in [6.45, 7) is 4.21. The second kappa shape index (κ2) is 24.7. The Morgan fingerprint density at radius 1 is 0.562 bits per heavy atom. The first-order chi connectivity index (χ1) is 39.4. The van der Waals surface area contributed by atoms with E-state index in [1.54, 1.807) is 0 Å². The molecular formula is C71H66N6O3. The van der Waals surface area contributed by atoms with E-state index in [4.69, 9.17) is 15.5 Å². The second-order valence-corrected chi connectivity index (χ2v) is 20.5. The van der Waals surface area contributed by atoms with Crippen LogP contribution in [0.15, 0.2) is 225 Å². The normalized spacial score (nSPS) is 13.9. The zero-order chi connectivity index (χ0) is 54.8. The summed E-state index contributed by atoms with van der Waals surface area (Å²) in [4.78, 5) is 44.8. The molecule has 10 aromatic rings. The van der Waals surface area contributed by atoms with Crippen LogP contribution in [-0.4, -0.2) is 38.4 Å². The molecule has 8 aromatic carbocycles. The van der Waals surface area contributed by atoms with Gasteiger partial charge in [0.1, 0.15) is 18.3 Å². The largest absolute Gasteiger partial charge is 0.465 e. The smallest absolute Gasteiger partial charge is 0.306 e. The Labute approximate surface area is 468 Å². The summed E-state index contributed by atoms with van der Waals surface area (Å²) < 4.78 is 6.09. The van der Waals surface area contributed by atoms with E-state index >= 15 is 0 Å². The number of carbonyl (C=O) groups is 2. The van der Waals surface area contributed by atoms with Crippen LogP contribution in [0.1, 0.15) is 102 Å². The summed E-state index contributed by atoms with van der Waals surface area (Å²) in [6.07, 6.45) is 11.7. The number of nitrogens with one attached hydrogen (secondary N) is 3. The number of H-pyrrole nitrogens is 2. The van der Waals surface area contributed by atoms with Crippen LogP contribution in [-0.2, 0) is 33.6 Å². The van der Waals surface area contributed by atoms with Crippen molar-refractivity contribution < 1.29 is 14.3 Å². The topological polar surface area (TPSA) is 139 Å². The van der Waals surface area contributed by atoms with Gasteiger partial charge in [-0.2, -0.15) is 0 Å². The van der Waals surface area contributed by atoms with E-state index in [1.807, 2.05) is 117 Å². The van der Waals surface area contributed by atoms with Gasteiger partial charge in [0.15, 0.2) is 0 Å². The Morgan fingerprint density at radius 3 is 1.69 bits per heavy atom. The summed E-state index contributed by atoms with van der Waals surface area (Å²) in [5.41, 5.74) is 23.8. The van der Waals surface area contributed by atoms with Crippen molar-refractivity contribution in [3.63, 3.8) is 0 Å². The fourth-order valence-electron chi connectivity index (χ4n) is 11.6. The molecule has 0 aliphatic heterocycles. The number of amides is 1. The number of fused-ring (bicyclic) bond motifs is 6. The zero-order valence-electron chi connectivity index (χ0n) is 45.3. The van der Waals surface area contributed by atoms with E-state index in [1.165, 1.54) is 44.5 Å². The first kappa shape index (κ1) is 52.9. The van der Waals surface area contributed by atoms with Gasteiger partial charge in [-0.15, -0.1) is 0 Å². The third-order valence-corrected chi connectivity index (χ3v) is 15.6. The number of esters is 1. The summed E-state index contributed by atoms with van der Waals surface area (Å²) in [5, 5.41) is 5.53. The first-order valence-corrected chi connectivity index (χ1v) is 28.0. The molecule has 13 rings (SSSR count). The van der Waals surface area contributed by atoms with Gasteiger partial charge in [-0.05, 0) is 109 Å². The number of hydrogen-bond donors (Lipinski definition) is 4. The van der Waals surface area contributed by atoms with Crippen molar-refractivity contribution in [2.24, 2.45) is 11.7 Å². The van der Waals surface area contributed by atoms with Crippen LogP contribution < -0.4 is 11.1 Å². The van der Waals surface area contributed by atoms with Crippen molar-refractivity contribution in [3.05, 3.63) is 275 Å². The van der Waals surface area contributed by atoms with E-state index in [2.05, 4.69) is 142 Å². The van der Waals surface area contributed by atoms with Crippen molar-refractivity contribution in [1.29, 1.82) is 0 Å². The van der Waals surface area contributed by atoms with Gasteiger partial charge in [0.25, 0.3) is 0 Å². The van der Waals surface area contributed by atoms with E-state index in [0.29, 0.717) is 18.7 Å². The molecule has 0 bridgehead atoms. The highest BCUT2D eigenvalue weighted by molar-refractivity contribution is 5.89. The molecule has 0 saturated carbocycles. The number of aromatic nitrogens is 4. The highest BCUT2D eigenvalue weighted by Gasteiger charge is 2.32. The van der Waals surface area contributed by atoms with E-state index in [-0.39, 0.29) is 30.9 Å². The highest BCUT2D eigenvalue weighted by atomic mass is 16.5. The lowest BCUT2D eigenvalue weighted by Crippen LogP contribution is -2.37. The molecule has 398 valence electrons. The molecule has 9 nitrogen and oxygen atoms in total. The maximum Gasteiger partial charge on any atom is 0.306 e. The summed E-state index contributed by atoms with van der Waals surface area (Å²) >= 11 is 0. The molecule has 0 saturated heterocycles. The Bertz CT molecular complexity index is 3790. The molecule has 0 unspecified atom stereocenters. The number of imidazole rings is 2. The fourth-order valence-corrected chi connectivity index (χ4v) is 11.6. The molecule has 3 atom stereocenters. The number of allylic oxidation sites excluding steroid dienone is 2. The Balaban J connectivity index is 0.000000224. The van der Waals surface area contributed by atoms with Crippen molar-refractivity contribution >= 4 is 33.8 Å². The van der Waals surface area contributed by atoms with Crippen LogP contribution >= 0.6 is 0 Å². The van der Waals surface area contributed by atoms with Crippen LogP contribution in [0.5, 0.6) is 0 Å². The minimum Gasteiger partial charge on any atom is -0.465 e. The zero-order valence-corrected chi connectivity index (χ0v) is 45.3. The number of ether oxygens (including phenoxy) is 1. The van der Waals surface area contributed by atoms with E-state index in [0.717, 1.165) is 75.1 Å². The lowest BCUT2D eigenvalue weighted by Gasteiger charge is -2.23. The minimum absolute atomic E-state index is 0.0588. The van der Waals surface area contributed by atoms with Crippen molar-refractivity contribution in [1.82, 2.24) is 25.3 Å². The number of aromatic amines is 2. The molecule has 3 aliphatic carbocycles. The Morgan fingerprint density at radius 2 is 1.06 bits per heavy atom. The summed E-state index contributed by atoms with van der Waals surface area (Å²) in [7, 11) is 0. The number of rotatable bonds is 16. The Hall–Kier alpha value is -9.18. The molecule has 80 heavy (non-hydrogen) atoms. The maximum absolute atomic E-state index is 14.7. The fraction of sp³-hybridized carbons (Fsp3) is 0.183. The molecule has 0 radical (unpaired) electrons. The van der Waals surface area contributed by atoms with Gasteiger partial charge in [0.2, 0.25) is 5.91 Å². The minimum atomic E-state index is -0.683.